The highest BCUT2D eigenvalue weighted by Gasteiger charge is 2.17. The summed E-state index contributed by atoms with van der Waals surface area (Å²) in [6.07, 6.45) is 0.815. The van der Waals surface area contributed by atoms with E-state index in [1.54, 1.807) is 12.1 Å². The largest absolute Gasteiger partial charge is 0.465 e. The van der Waals surface area contributed by atoms with E-state index in [4.69, 9.17) is 9.15 Å². The number of carbonyl (C=O) groups excluding carboxylic acids is 2. The molecule has 0 saturated heterocycles. The van der Waals surface area contributed by atoms with Gasteiger partial charge in [-0.05, 0) is 48.4 Å². The zero-order valence-corrected chi connectivity index (χ0v) is 14.3. The summed E-state index contributed by atoms with van der Waals surface area (Å²) in [5, 5.41) is 0.638. The van der Waals surface area contributed by atoms with Crippen LogP contribution in [0.5, 0.6) is 5.75 Å². The lowest BCUT2D eigenvalue weighted by molar-refractivity contribution is 0.0597. The minimum Gasteiger partial charge on any atom is -0.465 e. The Labute approximate surface area is 149 Å². The van der Waals surface area contributed by atoms with Gasteiger partial charge in [-0.2, -0.15) is 0 Å². The predicted octanol–water partition coefficient (Wildman–Crippen LogP) is 3.36. The van der Waals surface area contributed by atoms with Gasteiger partial charge in [-0.3, -0.25) is 0 Å². The molecule has 3 rings (SSSR count). The van der Waals surface area contributed by atoms with Gasteiger partial charge in [-0.15, -0.1) is 0 Å². The lowest BCUT2D eigenvalue weighted by Gasteiger charge is -2.06. The van der Waals surface area contributed by atoms with Gasteiger partial charge < -0.3 is 13.9 Å². The Hall–Kier alpha value is -3.41. The molecule has 3 aromatic rings. The van der Waals surface area contributed by atoms with Crippen molar-refractivity contribution in [3.05, 3.63) is 75.6 Å². The number of rotatable bonds is 4. The quantitative estimate of drug-likeness (QED) is 0.407. The molecule has 2 aromatic carbocycles. The summed E-state index contributed by atoms with van der Waals surface area (Å²) < 4.78 is 15.0. The van der Waals surface area contributed by atoms with E-state index in [0.29, 0.717) is 11.0 Å². The lowest BCUT2D eigenvalue weighted by atomic mass is 10.1. The zero-order valence-electron chi connectivity index (χ0n) is 14.3. The molecule has 0 radical (unpaired) electrons. The Kier molecular flexibility index (Phi) is 4.84. The number of methoxy groups -OCH3 is 1. The van der Waals surface area contributed by atoms with E-state index >= 15 is 0 Å². The second kappa shape index (κ2) is 7.23. The van der Waals surface area contributed by atoms with Crippen LogP contribution in [0.15, 0.2) is 57.7 Å². The van der Waals surface area contributed by atoms with Gasteiger partial charge in [0.2, 0.25) is 0 Å². The summed E-state index contributed by atoms with van der Waals surface area (Å²) in [5.41, 5.74) is 0.689. The second-order valence-corrected chi connectivity index (χ2v) is 5.58. The van der Waals surface area contributed by atoms with Crippen LogP contribution in [0.25, 0.3) is 11.0 Å². The van der Waals surface area contributed by atoms with E-state index in [-0.39, 0.29) is 16.9 Å². The van der Waals surface area contributed by atoms with Gasteiger partial charge in [0.1, 0.15) is 16.9 Å². The van der Waals surface area contributed by atoms with Crippen LogP contribution in [-0.4, -0.2) is 19.0 Å². The molecule has 1 aromatic heterocycles. The number of esters is 2. The Bertz CT molecular complexity index is 1050. The summed E-state index contributed by atoms with van der Waals surface area (Å²) in [5.74, 6) is -1.29. The fourth-order valence-corrected chi connectivity index (χ4v) is 2.50. The molecule has 6 heteroatoms. The second-order valence-electron chi connectivity index (χ2n) is 5.58. The van der Waals surface area contributed by atoms with E-state index in [1.165, 1.54) is 31.4 Å². The first-order valence-corrected chi connectivity index (χ1v) is 7.99. The number of carbonyl (C=O) groups is 2. The van der Waals surface area contributed by atoms with Gasteiger partial charge in [-0.25, -0.2) is 14.4 Å². The summed E-state index contributed by atoms with van der Waals surface area (Å²) in [6.45, 7) is 2.00. The van der Waals surface area contributed by atoms with Crippen LogP contribution in [0.3, 0.4) is 0 Å². The summed E-state index contributed by atoms with van der Waals surface area (Å²) >= 11 is 0. The molecule has 0 aliphatic rings. The predicted molar refractivity (Wildman–Crippen MR) is 94.6 cm³/mol. The van der Waals surface area contributed by atoms with Gasteiger partial charge in [0.25, 0.3) is 0 Å². The monoisotopic (exact) mass is 352 g/mol. The number of hydrogen-bond acceptors (Lipinski definition) is 6. The number of hydrogen-bond donors (Lipinski definition) is 0. The molecule has 0 aliphatic heterocycles. The normalized spacial score (nSPS) is 10.5. The standard InChI is InChI=1S/C20H16O6/c1-3-12-7-8-17-14(9-12)11-16(20(23)26-17)19(22)25-15-6-4-5-13(10-15)18(21)24-2/h4-11H,3H2,1-2H3. The molecule has 0 atom stereocenters. The minimum atomic E-state index is -0.857. The van der Waals surface area contributed by atoms with Crippen LogP contribution in [0, 0.1) is 0 Å². The van der Waals surface area contributed by atoms with Crippen LogP contribution in [-0.2, 0) is 11.2 Å². The van der Waals surface area contributed by atoms with Crippen molar-refractivity contribution in [3.63, 3.8) is 0 Å². The van der Waals surface area contributed by atoms with Crippen LogP contribution in [0.2, 0.25) is 0 Å². The van der Waals surface area contributed by atoms with E-state index in [9.17, 15) is 14.4 Å². The minimum absolute atomic E-state index is 0.125. The Morgan fingerprint density at radius 3 is 2.58 bits per heavy atom. The molecule has 0 aliphatic carbocycles. The van der Waals surface area contributed by atoms with Crippen LogP contribution in [0.1, 0.15) is 33.2 Å². The number of aryl methyl sites for hydroxylation is 1. The van der Waals surface area contributed by atoms with Crippen LogP contribution < -0.4 is 10.4 Å². The third-order valence-corrected chi connectivity index (χ3v) is 3.89. The van der Waals surface area contributed by atoms with E-state index in [0.717, 1.165) is 12.0 Å². The maximum atomic E-state index is 12.4. The molecular weight excluding hydrogens is 336 g/mol. The zero-order chi connectivity index (χ0) is 18.7. The molecular formula is C20H16O6. The van der Waals surface area contributed by atoms with Gasteiger partial charge >= 0.3 is 17.6 Å². The van der Waals surface area contributed by atoms with Crippen molar-refractivity contribution in [1.82, 2.24) is 0 Å². The summed E-state index contributed by atoms with van der Waals surface area (Å²) in [7, 11) is 1.26. The highest BCUT2D eigenvalue weighted by atomic mass is 16.5. The molecule has 0 spiro atoms. The molecule has 0 amide bonds. The fraction of sp³-hybridized carbons (Fsp3) is 0.150. The molecule has 0 saturated carbocycles. The Morgan fingerprint density at radius 2 is 1.85 bits per heavy atom. The number of ether oxygens (including phenoxy) is 2. The van der Waals surface area contributed by atoms with Crippen molar-refractivity contribution >= 4 is 22.9 Å². The van der Waals surface area contributed by atoms with E-state index in [1.807, 2.05) is 19.1 Å². The molecule has 0 unspecified atom stereocenters. The molecule has 0 bridgehead atoms. The third kappa shape index (κ3) is 3.49. The first-order valence-electron chi connectivity index (χ1n) is 7.99. The topological polar surface area (TPSA) is 82.8 Å². The van der Waals surface area contributed by atoms with Gasteiger partial charge in [0.15, 0.2) is 0 Å². The lowest BCUT2D eigenvalue weighted by Crippen LogP contribution is -2.18. The molecule has 132 valence electrons. The Morgan fingerprint density at radius 1 is 1.04 bits per heavy atom. The van der Waals surface area contributed by atoms with Crippen LogP contribution in [0.4, 0.5) is 0 Å². The van der Waals surface area contributed by atoms with Crippen molar-refractivity contribution in [3.8, 4) is 5.75 Å². The summed E-state index contributed by atoms with van der Waals surface area (Å²) in [6, 6.07) is 12.8. The smallest absolute Gasteiger partial charge is 0.351 e. The highest BCUT2D eigenvalue weighted by molar-refractivity contribution is 5.95. The van der Waals surface area contributed by atoms with Crippen molar-refractivity contribution in [2.24, 2.45) is 0 Å². The first kappa shape index (κ1) is 17.4. The van der Waals surface area contributed by atoms with Gasteiger partial charge in [0, 0.05) is 5.39 Å². The SMILES string of the molecule is CCc1ccc2oc(=O)c(C(=O)Oc3cccc(C(=O)OC)c3)cc2c1. The van der Waals surface area contributed by atoms with E-state index < -0.39 is 17.6 Å². The number of benzene rings is 2. The molecule has 0 N–H and O–H groups in total. The third-order valence-electron chi connectivity index (χ3n) is 3.89. The maximum absolute atomic E-state index is 12.4. The van der Waals surface area contributed by atoms with Crippen molar-refractivity contribution in [1.29, 1.82) is 0 Å². The molecule has 1 heterocycles. The van der Waals surface area contributed by atoms with Crippen molar-refractivity contribution in [2.75, 3.05) is 7.11 Å². The van der Waals surface area contributed by atoms with Crippen molar-refractivity contribution < 1.29 is 23.5 Å². The number of fused-ring (bicyclic) bond motifs is 1. The van der Waals surface area contributed by atoms with Crippen LogP contribution >= 0.6 is 0 Å². The average Bonchev–Trinajstić information content (AvgIpc) is 2.66. The van der Waals surface area contributed by atoms with E-state index in [2.05, 4.69) is 4.74 Å². The van der Waals surface area contributed by atoms with Crippen molar-refractivity contribution in [2.45, 2.75) is 13.3 Å². The molecule has 26 heavy (non-hydrogen) atoms. The Balaban J connectivity index is 1.93. The first-order chi connectivity index (χ1) is 12.5. The summed E-state index contributed by atoms with van der Waals surface area (Å²) in [4.78, 5) is 36.0. The van der Waals surface area contributed by atoms with Gasteiger partial charge in [-0.1, -0.05) is 19.1 Å². The average molecular weight is 352 g/mol. The molecule has 0 fully saturated rings. The maximum Gasteiger partial charge on any atom is 0.351 e. The van der Waals surface area contributed by atoms with Gasteiger partial charge in [0.05, 0.1) is 12.7 Å². The fourth-order valence-electron chi connectivity index (χ4n) is 2.50. The molecule has 6 nitrogen and oxygen atoms in total. The highest BCUT2D eigenvalue weighted by Crippen LogP contribution is 2.19.